The van der Waals surface area contributed by atoms with Crippen molar-refractivity contribution >= 4 is 17.5 Å². The summed E-state index contributed by atoms with van der Waals surface area (Å²) in [5.74, 6) is 0.660. The lowest BCUT2D eigenvalue weighted by Crippen LogP contribution is -2.65. The quantitative estimate of drug-likeness (QED) is 0.636. The minimum atomic E-state index is -1.19. The van der Waals surface area contributed by atoms with Crippen LogP contribution in [0.15, 0.2) is 24.3 Å². The average molecular weight is 483 g/mol. The zero-order valence-electron chi connectivity index (χ0n) is 21.8. The molecule has 0 unspecified atom stereocenters. The fourth-order valence-electron chi connectivity index (χ4n) is 5.04. The van der Waals surface area contributed by atoms with Crippen molar-refractivity contribution in [1.29, 1.82) is 0 Å². The van der Waals surface area contributed by atoms with Gasteiger partial charge in [0.05, 0.1) is 32.1 Å². The summed E-state index contributed by atoms with van der Waals surface area (Å²) in [7, 11) is 3.14. The zero-order chi connectivity index (χ0) is 25.4. The Morgan fingerprint density at radius 1 is 1.03 bits per heavy atom. The van der Waals surface area contributed by atoms with Gasteiger partial charge in [0.15, 0.2) is 0 Å². The third-order valence-electron chi connectivity index (χ3n) is 7.20. The van der Waals surface area contributed by atoms with Crippen LogP contribution in [-0.4, -0.2) is 47.4 Å². The van der Waals surface area contributed by atoms with E-state index in [1.54, 1.807) is 42.0 Å². The standard InChI is InChI=1S/C27H38N4O4/c1-26(2,3)23-16-22-24(32)31(19-13-20(34-5)15-21(14-19)35-6)27(4,17-30(22)29-23)25(33)28-18-11-9-7-8-10-12-18/h13-16,18H,7-12,17H2,1-6H3,(H,28,33)/t27-/m1/s1. The van der Waals surface area contributed by atoms with Crippen LogP contribution < -0.4 is 19.7 Å². The summed E-state index contributed by atoms with van der Waals surface area (Å²) in [6.07, 6.45) is 6.54. The highest BCUT2D eigenvalue weighted by Gasteiger charge is 2.49. The second kappa shape index (κ2) is 9.55. The van der Waals surface area contributed by atoms with Crippen molar-refractivity contribution in [2.75, 3.05) is 19.1 Å². The van der Waals surface area contributed by atoms with Crippen LogP contribution >= 0.6 is 0 Å². The minimum absolute atomic E-state index is 0.114. The molecule has 1 N–H and O–H groups in total. The van der Waals surface area contributed by atoms with Gasteiger partial charge in [-0.2, -0.15) is 5.10 Å². The molecule has 8 nitrogen and oxygen atoms in total. The number of rotatable bonds is 5. The number of benzene rings is 1. The first-order chi connectivity index (χ1) is 16.6. The van der Waals surface area contributed by atoms with E-state index in [4.69, 9.17) is 14.6 Å². The van der Waals surface area contributed by atoms with Gasteiger partial charge in [-0.1, -0.05) is 46.5 Å². The first-order valence-corrected chi connectivity index (χ1v) is 12.5. The van der Waals surface area contributed by atoms with Crippen LogP contribution in [0.5, 0.6) is 11.5 Å². The molecule has 1 saturated carbocycles. The van der Waals surface area contributed by atoms with E-state index in [-0.39, 0.29) is 29.8 Å². The van der Waals surface area contributed by atoms with Crippen LogP contribution in [0, 0.1) is 0 Å². The molecule has 1 aromatic heterocycles. The molecular weight excluding hydrogens is 444 g/mol. The Morgan fingerprint density at radius 2 is 1.63 bits per heavy atom. The van der Waals surface area contributed by atoms with Crippen LogP contribution in [0.1, 0.15) is 82.4 Å². The number of nitrogens with one attached hydrogen (secondary N) is 1. The molecule has 8 heteroatoms. The van der Waals surface area contributed by atoms with Gasteiger partial charge in [-0.05, 0) is 25.8 Å². The molecule has 2 heterocycles. The summed E-state index contributed by atoms with van der Waals surface area (Å²) in [5, 5.41) is 8.03. The maximum absolute atomic E-state index is 14.0. The van der Waals surface area contributed by atoms with Gasteiger partial charge < -0.3 is 14.8 Å². The number of nitrogens with zero attached hydrogens (tertiary/aromatic N) is 3. The molecule has 190 valence electrons. The molecule has 1 aliphatic heterocycles. The number of aromatic nitrogens is 2. The summed E-state index contributed by atoms with van der Waals surface area (Å²) in [6, 6.07) is 7.25. The zero-order valence-corrected chi connectivity index (χ0v) is 21.8. The Bertz CT molecular complexity index is 1070. The number of ether oxygens (including phenoxy) is 2. The van der Waals surface area contributed by atoms with Gasteiger partial charge in [0.2, 0.25) is 5.91 Å². The molecule has 0 bridgehead atoms. The molecule has 1 aliphatic carbocycles. The number of hydrogen-bond acceptors (Lipinski definition) is 5. The van der Waals surface area contributed by atoms with Crippen molar-refractivity contribution in [1.82, 2.24) is 15.1 Å². The number of anilines is 1. The lowest BCUT2D eigenvalue weighted by molar-refractivity contribution is -0.127. The Hall–Kier alpha value is -3.03. The van der Waals surface area contributed by atoms with Crippen molar-refractivity contribution in [3.05, 3.63) is 35.7 Å². The Balaban J connectivity index is 1.80. The van der Waals surface area contributed by atoms with E-state index < -0.39 is 5.54 Å². The van der Waals surface area contributed by atoms with Crippen molar-refractivity contribution in [2.24, 2.45) is 0 Å². The normalized spacial score (nSPS) is 21.3. The molecule has 4 rings (SSSR count). The Morgan fingerprint density at radius 3 is 2.17 bits per heavy atom. The van der Waals surface area contributed by atoms with Crippen molar-refractivity contribution in [2.45, 2.75) is 89.8 Å². The van der Waals surface area contributed by atoms with E-state index in [1.807, 2.05) is 13.0 Å². The van der Waals surface area contributed by atoms with E-state index in [1.165, 1.54) is 12.8 Å². The molecule has 2 aliphatic rings. The largest absolute Gasteiger partial charge is 0.497 e. The van der Waals surface area contributed by atoms with Gasteiger partial charge in [0.1, 0.15) is 22.7 Å². The molecule has 0 radical (unpaired) electrons. The van der Waals surface area contributed by atoms with Gasteiger partial charge in [-0.25, -0.2) is 0 Å². The van der Waals surface area contributed by atoms with Gasteiger partial charge in [-0.15, -0.1) is 0 Å². The van der Waals surface area contributed by atoms with E-state index in [2.05, 4.69) is 26.1 Å². The van der Waals surface area contributed by atoms with E-state index in [0.717, 1.165) is 31.4 Å². The number of carbonyl (C=O) groups is 2. The van der Waals surface area contributed by atoms with Crippen LogP contribution in [0.4, 0.5) is 5.69 Å². The smallest absolute Gasteiger partial charge is 0.277 e. The Labute approximate surface area is 208 Å². The molecule has 2 aromatic rings. The van der Waals surface area contributed by atoms with Gasteiger partial charge in [-0.3, -0.25) is 19.2 Å². The van der Waals surface area contributed by atoms with E-state index in [9.17, 15) is 9.59 Å². The first kappa shape index (κ1) is 25.1. The SMILES string of the molecule is COc1cc(OC)cc(N2C(=O)c3cc(C(C)(C)C)nn3C[C@]2(C)C(=O)NC2CCCCCC2)c1. The average Bonchev–Trinajstić information content (AvgIpc) is 3.09. The molecule has 2 amide bonds. The van der Waals surface area contributed by atoms with Crippen molar-refractivity contribution in [3.63, 3.8) is 0 Å². The van der Waals surface area contributed by atoms with E-state index >= 15 is 0 Å². The second-order valence-corrected chi connectivity index (χ2v) is 11.0. The number of hydrogen-bond donors (Lipinski definition) is 1. The number of carbonyl (C=O) groups excluding carboxylic acids is 2. The van der Waals surface area contributed by atoms with Gasteiger partial charge in [0.25, 0.3) is 5.91 Å². The first-order valence-electron chi connectivity index (χ1n) is 12.5. The van der Waals surface area contributed by atoms with Crippen LogP contribution in [-0.2, 0) is 16.8 Å². The van der Waals surface area contributed by atoms with Crippen molar-refractivity contribution < 1.29 is 19.1 Å². The summed E-state index contributed by atoms with van der Waals surface area (Å²) in [6.45, 7) is 8.27. The molecular formula is C27H38N4O4. The summed E-state index contributed by atoms with van der Waals surface area (Å²) in [4.78, 5) is 29.6. The van der Waals surface area contributed by atoms with Crippen LogP contribution in [0.2, 0.25) is 0 Å². The molecule has 1 atom stereocenters. The third kappa shape index (κ3) is 4.88. The minimum Gasteiger partial charge on any atom is -0.497 e. The highest BCUT2D eigenvalue weighted by molar-refractivity contribution is 6.12. The fraction of sp³-hybridized carbons (Fsp3) is 0.593. The lowest BCUT2D eigenvalue weighted by atomic mass is 9.91. The molecule has 1 fully saturated rings. The highest BCUT2D eigenvalue weighted by atomic mass is 16.5. The maximum atomic E-state index is 14.0. The number of methoxy groups -OCH3 is 2. The van der Waals surface area contributed by atoms with Gasteiger partial charge in [0, 0.05) is 29.7 Å². The maximum Gasteiger partial charge on any atom is 0.277 e. The van der Waals surface area contributed by atoms with Crippen molar-refractivity contribution in [3.8, 4) is 11.5 Å². The second-order valence-electron chi connectivity index (χ2n) is 11.0. The predicted molar refractivity (Wildman–Crippen MR) is 135 cm³/mol. The van der Waals surface area contributed by atoms with E-state index in [0.29, 0.717) is 22.9 Å². The number of fused-ring (bicyclic) bond motifs is 1. The van der Waals surface area contributed by atoms with Crippen LogP contribution in [0.25, 0.3) is 0 Å². The summed E-state index contributed by atoms with van der Waals surface area (Å²) < 4.78 is 12.6. The highest BCUT2D eigenvalue weighted by Crippen LogP contribution is 2.38. The number of amides is 2. The topological polar surface area (TPSA) is 85.7 Å². The summed E-state index contributed by atoms with van der Waals surface area (Å²) in [5.41, 5.74) is 0.422. The third-order valence-corrected chi connectivity index (χ3v) is 7.20. The predicted octanol–water partition coefficient (Wildman–Crippen LogP) is 4.46. The van der Waals surface area contributed by atoms with Crippen LogP contribution in [0.3, 0.4) is 0 Å². The summed E-state index contributed by atoms with van der Waals surface area (Å²) >= 11 is 0. The Kier molecular flexibility index (Phi) is 6.84. The fourth-order valence-corrected chi connectivity index (χ4v) is 5.04. The lowest BCUT2D eigenvalue weighted by Gasteiger charge is -2.43. The molecule has 0 saturated heterocycles. The molecule has 35 heavy (non-hydrogen) atoms. The molecule has 0 spiro atoms. The monoisotopic (exact) mass is 482 g/mol. The van der Waals surface area contributed by atoms with Gasteiger partial charge >= 0.3 is 0 Å². The molecule has 1 aromatic carbocycles.